The van der Waals surface area contributed by atoms with E-state index >= 15 is 0 Å². The molecule has 0 saturated heterocycles. The van der Waals surface area contributed by atoms with Gasteiger partial charge in [-0.1, -0.05) is 421 Å². The van der Waals surface area contributed by atoms with Gasteiger partial charge in [0.25, 0.3) is 0 Å². The zero-order chi connectivity index (χ0) is 71.1. The van der Waals surface area contributed by atoms with Gasteiger partial charge in [-0.2, -0.15) is 0 Å². The first-order valence-corrected chi connectivity index (χ1v) is 42.9. The summed E-state index contributed by atoms with van der Waals surface area (Å²) in [7, 11) is 5.96. The van der Waals surface area contributed by atoms with Crippen molar-refractivity contribution in [3.8, 4) is 0 Å². The van der Waals surface area contributed by atoms with Crippen LogP contribution in [-0.4, -0.2) is 82.3 Å². The molecule has 9 heteroatoms. The highest BCUT2D eigenvalue weighted by atomic mass is 16.7. The van der Waals surface area contributed by atoms with Crippen LogP contribution in [0.2, 0.25) is 0 Å². The number of unbranched alkanes of at least 4 members (excludes halogenated alkanes) is 56. The van der Waals surface area contributed by atoms with E-state index in [0.717, 1.165) is 70.6 Å². The number of carbonyl (C=O) groups is 3. The fourth-order valence-electron chi connectivity index (χ4n) is 13.0. The number of aliphatic carboxylic acids is 1. The van der Waals surface area contributed by atoms with Crippen LogP contribution in [0.5, 0.6) is 0 Å². The minimum Gasteiger partial charge on any atom is -0.545 e. The number of carboxylic acids is 1. The molecule has 574 valence electrons. The first-order valence-electron chi connectivity index (χ1n) is 42.9. The van der Waals surface area contributed by atoms with Gasteiger partial charge in [-0.25, -0.2) is 0 Å². The summed E-state index contributed by atoms with van der Waals surface area (Å²) < 4.78 is 22.9. The van der Waals surface area contributed by atoms with Crippen LogP contribution in [0.4, 0.5) is 0 Å². The Morgan fingerprint density at radius 2 is 0.582 bits per heavy atom. The predicted octanol–water partition coefficient (Wildman–Crippen LogP) is 26.4. The largest absolute Gasteiger partial charge is 0.545 e. The molecule has 0 aromatic rings. The second kappa shape index (κ2) is 79.7. The van der Waals surface area contributed by atoms with Crippen molar-refractivity contribution in [3.63, 3.8) is 0 Å². The van der Waals surface area contributed by atoms with Crippen LogP contribution in [0.3, 0.4) is 0 Å². The highest BCUT2D eigenvalue weighted by Crippen LogP contribution is 2.21. The van der Waals surface area contributed by atoms with Crippen LogP contribution >= 0.6 is 0 Å². The molecule has 0 spiro atoms. The molecule has 0 aromatic carbocycles. The van der Waals surface area contributed by atoms with E-state index in [2.05, 4.69) is 74.6 Å². The first-order chi connectivity index (χ1) is 48.1. The molecule has 0 rings (SSSR count). The van der Waals surface area contributed by atoms with Gasteiger partial charge in [0.1, 0.15) is 13.2 Å². The number of esters is 2. The van der Waals surface area contributed by atoms with Crippen molar-refractivity contribution in [3.05, 3.63) is 60.8 Å². The first kappa shape index (κ1) is 95.0. The lowest BCUT2D eigenvalue weighted by Crippen LogP contribution is -2.44. The molecular weight excluding hydrogens is 1210 g/mol. The van der Waals surface area contributed by atoms with E-state index in [1.54, 1.807) is 0 Å². The van der Waals surface area contributed by atoms with E-state index in [4.69, 9.17) is 18.9 Å². The van der Waals surface area contributed by atoms with Crippen molar-refractivity contribution in [2.24, 2.45) is 0 Å². The van der Waals surface area contributed by atoms with Crippen LogP contribution < -0.4 is 5.11 Å². The Morgan fingerprint density at radius 3 is 0.867 bits per heavy atom. The minimum absolute atomic E-state index is 0.151. The lowest BCUT2D eigenvalue weighted by Gasteiger charge is -2.26. The number of hydrogen-bond acceptors (Lipinski definition) is 8. The quantitative estimate of drug-likeness (QED) is 0.0195. The van der Waals surface area contributed by atoms with E-state index in [-0.39, 0.29) is 32.2 Å². The molecular formula is C89H165NO8. The van der Waals surface area contributed by atoms with Gasteiger partial charge in [-0.15, -0.1) is 0 Å². The number of ether oxygens (including phenoxy) is 4. The Bertz CT molecular complexity index is 1800. The van der Waals surface area contributed by atoms with Gasteiger partial charge < -0.3 is 33.3 Å². The second-order valence-electron chi connectivity index (χ2n) is 30.5. The van der Waals surface area contributed by atoms with Crippen LogP contribution in [0.25, 0.3) is 0 Å². The standard InChI is InChI=1S/C89H165NO8/c1-6-8-10-12-14-16-18-20-22-24-26-28-30-32-34-36-38-40-42-43-44-45-46-48-50-52-54-56-58-60-62-64-66-68-70-72-74-76-78-80-87(92)98-85(84-97-89(88(93)94)95-82-81-90(3,4)5)83-96-86(91)79-77-75-73-71-69-67-65-63-61-59-57-55-53-51-49-47-41-39-37-35-33-31-29-27-25-23-21-19-17-15-13-11-9-7-2/h8,10,14,16,20,22,26,28,32,34,85,89H,6-7,9,11-13,15,17-19,21,23-25,27,29-31,33,35-84H2,1-5H3/b10-8-,16-14-,22-20-,28-26-,34-32-. The molecule has 0 fully saturated rings. The van der Waals surface area contributed by atoms with Crippen molar-refractivity contribution in [2.75, 3.05) is 47.5 Å². The summed E-state index contributed by atoms with van der Waals surface area (Å²) in [4.78, 5) is 37.7. The van der Waals surface area contributed by atoms with E-state index in [0.29, 0.717) is 17.4 Å². The number of likely N-dealkylation sites (N-methyl/N-ethyl adjacent to an activating group) is 1. The molecule has 0 aromatic heterocycles. The molecule has 0 heterocycles. The summed E-state index contributed by atoms with van der Waals surface area (Å²) in [6.07, 6.45) is 104. The lowest BCUT2D eigenvalue weighted by molar-refractivity contribution is -0.870. The minimum atomic E-state index is -1.62. The zero-order valence-corrected chi connectivity index (χ0v) is 65.9. The van der Waals surface area contributed by atoms with Gasteiger partial charge in [-0.05, 0) is 57.8 Å². The van der Waals surface area contributed by atoms with Gasteiger partial charge in [0, 0.05) is 12.8 Å². The van der Waals surface area contributed by atoms with Crippen molar-refractivity contribution >= 4 is 17.9 Å². The molecule has 0 amide bonds. The fourth-order valence-corrected chi connectivity index (χ4v) is 13.0. The Labute approximate surface area is 609 Å². The van der Waals surface area contributed by atoms with Crippen LogP contribution in [0.1, 0.15) is 431 Å². The van der Waals surface area contributed by atoms with Gasteiger partial charge in [0.15, 0.2) is 12.4 Å². The Hall–Kier alpha value is -3.01. The molecule has 0 bridgehead atoms. The molecule has 9 nitrogen and oxygen atoms in total. The third-order valence-electron chi connectivity index (χ3n) is 19.5. The van der Waals surface area contributed by atoms with Gasteiger partial charge in [0.05, 0.1) is 40.3 Å². The number of rotatable bonds is 81. The Kier molecular flexibility index (Phi) is 77.2. The monoisotopic (exact) mass is 1380 g/mol. The van der Waals surface area contributed by atoms with E-state index < -0.39 is 24.3 Å². The molecule has 2 unspecified atom stereocenters. The van der Waals surface area contributed by atoms with Crippen molar-refractivity contribution in [1.29, 1.82) is 0 Å². The summed E-state index contributed by atoms with van der Waals surface area (Å²) in [5.41, 5.74) is 0. The van der Waals surface area contributed by atoms with Crippen molar-refractivity contribution in [1.82, 2.24) is 0 Å². The highest BCUT2D eigenvalue weighted by Gasteiger charge is 2.22. The smallest absolute Gasteiger partial charge is 0.306 e. The molecule has 0 aliphatic heterocycles. The lowest BCUT2D eigenvalue weighted by atomic mass is 10.0. The fraction of sp³-hybridized carbons (Fsp3) is 0.854. The summed E-state index contributed by atoms with van der Waals surface area (Å²) >= 11 is 0. The number of carboxylic acid groups (broad SMARTS) is 1. The molecule has 0 aliphatic rings. The van der Waals surface area contributed by atoms with E-state index in [9.17, 15) is 19.5 Å². The molecule has 2 atom stereocenters. The van der Waals surface area contributed by atoms with Crippen LogP contribution in [0, 0.1) is 0 Å². The zero-order valence-electron chi connectivity index (χ0n) is 65.9. The molecule has 98 heavy (non-hydrogen) atoms. The molecule has 0 saturated carbocycles. The second-order valence-corrected chi connectivity index (χ2v) is 30.5. The van der Waals surface area contributed by atoms with Crippen molar-refractivity contribution in [2.45, 2.75) is 444 Å². The number of allylic oxidation sites excluding steroid dienone is 10. The maximum atomic E-state index is 13.0. The summed E-state index contributed by atoms with van der Waals surface area (Å²) in [5, 5.41) is 11.9. The maximum absolute atomic E-state index is 13.0. The number of nitrogens with zero attached hydrogens (tertiary/aromatic N) is 1. The molecule has 0 aliphatic carbocycles. The van der Waals surface area contributed by atoms with Crippen LogP contribution in [-0.2, 0) is 33.3 Å². The van der Waals surface area contributed by atoms with Crippen molar-refractivity contribution < 1.29 is 42.9 Å². The molecule has 0 N–H and O–H groups in total. The average Bonchev–Trinajstić information content (AvgIpc) is 1.38. The van der Waals surface area contributed by atoms with Crippen LogP contribution in [0.15, 0.2) is 60.8 Å². The number of quaternary nitrogens is 1. The normalized spacial score (nSPS) is 12.9. The van der Waals surface area contributed by atoms with E-state index in [1.165, 1.54) is 334 Å². The summed E-state index contributed by atoms with van der Waals surface area (Å²) in [6, 6.07) is 0. The van der Waals surface area contributed by atoms with Gasteiger partial charge >= 0.3 is 11.9 Å². The van der Waals surface area contributed by atoms with E-state index in [1.807, 2.05) is 21.1 Å². The van der Waals surface area contributed by atoms with Gasteiger partial charge in [-0.3, -0.25) is 9.59 Å². The maximum Gasteiger partial charge on any atom is 0.306 e. The number of carbonyl (C=O) groups excluding carboxylic acids is 3. The topological polar surface area (TPSA) is 111 Å². The Morgan fingerprint density at radius 1 is 0.316 bits per heavy atom. The third kappa shape index (κ3) is 80.3. The Balaban J connectivity index is 3.93. The highest BCUT2D eigenvalue weighted by molar-refractivity contribution is 5.70. The number of hydrogen-bond donors (Lipinski definition) is 0. The average molecular weight is 1380 g/mol. The van der Waals surface area contributed by atoms with Gasteiger partial charge in [0.2, 0.25) is 0 Å². The summed E-state index contributed by atoms with van der Waals surface area (Å²) in [6.45, 7) is 4.72. The predicted molar refractivity (Wildman–Crippen MR) is 422 cm³/mol. The summed E-state index contributed by atoms with van der Waals surface area (Å²) in [5.74, 6) is -2.25. The molecule has 0 radical (unpaired) electrons. The SMILES string of the molecule is CC/C=C\C/C=C\C/C=C\C/C=C\C/C=C\CCCCCCCCCCCCCCCCCCCCCCCCCC(=O)OC(COC(=O)CCCCCCCCCCCCCCCCCCCCCCCCCCCCCCCCCCCC)COC(OCC[N+](C)(C)C)C(=O)[O-]. The third-order valence-corrected chi connectivity index (χ3v) is 19.5.